The number of ether oxygens (including phenoxy) is 1. The van der Waals surface area contributed by atoms with E-state index in [1.54, 1.807) is 12.1 Å². The molecule has 31 heavy (non-hydrogen) atoms. The van der Waals surface area contributed by atoms with Crippen LogP contribution in [0.2, 0.25) is 5.02 Å². The lowest BCUT2D eigenvalue weighted by atomic mass is 10.0. The molecule has 3 rings (SSSR count). The molecule has 1 aliphatic carbocycles. The van der Waals surface area contributed by atoms with Gasteiger partial charge in [0.05, 0.1) is 25.7 Å². The van der Waals surface area contributed by atoms with Crippen molar-refractivity contribution >= 4 is 17.6 Å². The Kier molecular flexibility index (Phi) is 7.98. The van der Waals surface area contributed by atoms with Gasteiger partial charge in [-0.1, -0.05) is 41.9 Å². The number of halogens is 1. The molecule has 0 radical (unpaired) electrons. The summed E-state index contributed by atoms with van der Waals surface area (Å²) in [6.07, 6.45) is 3.34. The van der Waals surface area contributed by atoms with Crippen LogP contribution in [0.15, 0.2) is 42.5 Å². The van der Waals surface area contributed by atoms with E-state index in [-0.39, 0.29) is 13.0 Å². The van der Waals surface area contributed by atoms with E-state index < -0.39 is 12.1 Å². The molecule has 168 valence electrons. The lowest BCUT2D eigenvalue weighted by Gasteiger charge is -2.32. The summed E-state index contributed by atoms with van der Waals surface area (Å²) in [5, 5.41) is 19.7. The number of rotatable bonds is 11. The zero-order valence-electron chi connectivity index (χ0n) is 18.4. The van der Waals surface area contributed by atoms with E-state index in [9.17, 15) is 9.90 Å². The molecule has 0 unspecified atom stereocenters. The quantitative estimate of drug-likeness (QED) is 0.512. The molecule has 2 aromatic rings. The van der Waals surface area contributed by atoms with Crippen molar-refractivity contribution in [2.45, 2.75) is 38.2 Å². The molecule has 0 aliphatic heterocycles. The van der Waals surface area contributed by atoms with Crippen molar-refractivity contribution in [3.05, 3.63) is 64.2 Å². The van der Waals surface area contributed by atoms with E-state index in [2.05, 4.69) is 38.4 Å². The minimum absolute atomic E-state index is 0.0647. The van der Waals surface area contributed by atoms with E-state index in [4.69, 9.17) is 21.4 Å². The van der Waals surface area contributed by atoms with Gasteiger partial charge < -0.3 is 19.4 Å². The number of aliphatic hydroxyl groups is 1. The van der Waals surface area contributed by atoms with Crippen molar-refractivity contribution in [3.8, 4) is 5.75 Å². The predicted molar refractivity (Wildman–Crippen MR) is 123 cm³/mol. The van der Waals surface area contributed by atoms with E-state index in [0.29, 0.717) is 29.7 Å². The van der Waals surface area contributed by atoms with Crippen molar-refractivity contribution in [3.63, 3.8) is 0 Å². The number of hydrogen-bond acceptors (Lipinski definition) is 3. The van der Waals surface area contributed by atoms with Crippen LogP contribution < -0.4 is 4.74 Å². The van der Waals surface area contributed by atoms with Gasteiger partial charge in [0.2, 0.25) is 0 Å². The van der Waals surface area contributed by atoms with E-state index in [0.717, 1.165) is 35.9 Å². The standard InChI is InChI=1S/C25H32ClNO4/c1-27(2,12-11-19-13-20-5-3-4-6-21(20)14-19)16-22(28)17-31-24-9-7-18(15-23(24)26)8-10-25(29)30/h3-7,9,15,19,22,28H,8,10-14,16-17H2,1-2H3/p+1/t22-/m1/s1. The number of aliphatic hydroxyl groups excluding tert-OH is 1. The highest BCUT2D eigenvalue weighted by molar-refractivity contribution is 6.32. The third-order valence-corrected chi connectivity index (χ3v) is 6.33. The predicted octanol–water partition coefficient (Wildman–Crippen LogP) is 3.98. The highest BCUT2D eigenvalue weighted by Gasteiger charge is 2.26. The largest absolute Gasteiger partial charge is 0.489 e. The second-order valence-corrected chi connectivity index (χ2v) is 9.70. The molecule has 0 saturated heterocycles. The van der Waals surface area contributed by atoms with Gasteiger partial charge >= 0.3 is 5.97 Å². The number of likely N-dealkylation sites (N-methyl/N-ethyl adjacent to an activating group) is 1. The molecule has 0 bridgehead atoms. The van der Waals surface area contributed by atoms with Crippen LogP contribution in [-0.2, 0) is 24.1 Å². The van der Waals surface area contributed by atoms with E-state index >= 15 is 0 Å². The van der Waals surface area contributed by atoms with Crippen LogP contribution in [0, 0.1) is 5.92 Å². The summed E-state index contributed by atoms with van der Waals surface area (Å²) in [5.74, 6) is 0.355. The van der Waals surface area contributed by atoms with E-state index in [1.807, 2.05) is 6.07 Å². The molecule has 0 heterocycles. The molecule has 5 nitrogen and oxygen atoms in total. The number of carboxylic acids is 1. The number of benzene rings is 2. The maximum Gasteiger partial charge on any atom is 0.303 e. The lowest BCUT2D eigenvalue weighted by Crippen LogP contribution is -2.48. The van der Waals surface area contributed by atoms with Gasteiger partial charge in [-0.15, -0.1) is 0 Å². The van der Waals surface area contributed by atoms with Gasteiger partial charge in [-0.3, -0.25) is 4.79 Å². The smallest absolute Gasteiger partial charge is 0.303 e. The first kappa shape index (κ1) is 23.6. The Morgan fingerprint density at radius 2 is 1.87 bits per heavy atom. The lowest BCUT2D eigenvalue weighted by molar-refractivity contribution is -0.894. The SMILES string of the molecule is C[N+](C)(CCC1Cc2ccccc2C1)C[C@@H](O)COc1ccc(CCC(=O)O)cc1Cl. The third-order valence-electron chi connectivity index (χ3n) is 6.04. The van der Waals surface area contributed by atoms with Gasteiger partial charge in [-0.05, 0) is 54.0 Å². The van der Waals surface area contributed by atoms with Crippen LogP contribution in [-0.4, -0.2) is 60.6 Å². The normalized spacial score (nSPS) is 15.0. The molecular weight excluding hydrogens is 414 g/mol. The molecule has 6 heteroatoms. The molecular formula is C25H33ClNO4+. The number of fused-ring (bicyclic) bond motifs is 1. The minimum atomic E-state index is -0.835. The summed E-state index contributed by atoms with van der Waals surface area (Å²) < 4.78 is 6.47. The number of aryl methyl sites for hydroxylation is 1. The van der Waals surface area contributed by atoms with Crippen molar-refractivity contribution in [1.29, 1.82) is 0 Å². The molecule has 0 aromatic heterocycles. The topological polar surface area (TPSA) is 66.8 Å². The highest BCUT2D eigenvalue weighted by atomic mass is 35.5. The third kappa shape index (κ3) is 7.23. The zero-order valence-corrected chi connectivity index (χ0v) is 19.1. The first-order chi connectivity index (χ1) is 14.7. The van der Waals surface area contributed by atoms with Gasteiger partial charge in [0.1, 0.15) is 25.0 Å². The molecule has 1 atom stereocenters. The first-order valence-corrected chi connectivity index (χ1v) is 11.3. The second kappa shape index (κ2) is 10.5. The Morgan fingerprint density at radius 1 is 1.19 bits per heavy atom. The fourth-order valence-electron chi connectivity index (χ4n) is 4.35. The summed E-state index contributed by atoms with van der Waals surface area (Å²) in [6.45, 7) is 1.79. The average Bonchev–Trinajstić information content (AvgIpc) is 3.13. The van der Waals surface area contributed by atoms with Crippen molar-refractivity contribution in [1.82, 2.24) is 0 Å². The number of carbonyl (C=O) groups is 1. The van der Waals surface area contributed by atoms with Gasteiger partial charge in [-0.25, -0.2) is 0 Å². The molecule has 2 aromatic carbocycles. The van der Waals surface area contributed by atoms with Gasteiger partial charge in [-0.2, -0.15) is 0 Å². The molecule has 2 N–H and O–H groups in total. The van der Waals surface area contributed by atoms with Gasteiger partial charge in [0, 0.05) is 12.8 Å². The fraction of sp³-hybridized carbons (Fsp3) is 0.480. The van der Waals surface area contributed by atoms with Crippen LogP contribution in [0.25, 0.3) is 0 Å². The van der Waals surface area contributed by atoms with Crippen LogP contribution in [0.1, 0.15) is 29.5 Å². The number of carboxylic acid groups (broad SMARTS) is 1. The fourth-order valence-corrected chi connectivity index (χ4v) is 4.61. The highest BCUT2D eigenvalue weighted by Crippen LogP contribution is 2.29. The number of aliphatic carboxylic acids is 1. The van der Waals surface area contributed by atoms with Crippen LogP contribution >= 0.6 is 11.6 Å². The number of quaternary nitrogens is 1. The Hall–Kier alpha value is -2.08. The van der Waals surface area contributed by atoms with E-state index in [1.165, 1.54) is 11.1 Å². The number of nitrogens with zero attached hydrogens (tertiary/aromatic N) is 1. The van der Waals surface area contributed by atoms with Crippen molar-refractivity contribution in [2.24, 2.45) is 5.92 Å². The van der Waals surface area contributed by atoms with Crippen molar-refractivity contribution < 1.29 is 24.2 Å². The van der Waals surface area contributed by atoms with Crippen LogP contribution in [0.3, 0.4) is 0 Å². The summed E-state index contributed by atoms with van der Waals surface area (Å²) in [6, 6.07) is 14.0. The Morgan fingerprint density at radius 3 is 2.48 bits per heavy atom. The number of hydrogen-bond donors (Lipinski definition) is 2. The molecule has 0 saturated carbocycles. The second-order valence-electron chi connectivity index (χ2n) is 9.30. The van der Waals surface area contributed by atoms with Crippen molar-refractivity contribution in [2.75, 3.05) is 33.8 Å². The Balaban J connectivity index is 1.42. The average molecular weight is 447 g/mol. The monoisotopic (exact) mass is 446 g/mol. The molecule has 0 fully saturated rings. The summed E-state index contributed by atoms with van der Waals surface area (Å²) in [5.41, 5.74) is 3.82. The minimum Gasteiger partial charge on any atom is -0.489 e. The maximum atomic E-state index is 10.7. The summed E-state index contributed by atoms with van der Waals surface area (Å²) >= 11 is 6.26. The molecule has 1 aliphatic rings. The zero-order chi connectivity index (χ0) is 22.4. The first-order valence-electron chi connectivity index (χ1n) is 10.9. The Labute approximate surface area is 189 Å². The van der Waals surface area contributed by atoms with Gasteiger partial charge in [0.25, 0.3) is 0 Å². The maximum absolute atomic E-state index is 10.7. The van der Waals surface area contributed by atoms with Crippen LogP contribution in [0.4, 0.5) is 0 Å². The summed E-state index contributed by atoms with van der Waals surface area (Å²) in [4.78, 5) is 10.7. The molecule has 0 amide bonds. The summed E-state index contributed by atoms with van der Waals surface area (Å²) in [7, 11) is 4.30. The molecule has 0 spiro atoms. The van der Waals surface area contributed by atoms with Gasteiger partial charge in [0.15, 0.2) is 0 Å². The van der Waals surface area contributed by atoms with Crippen LogP contribution in [0.5, 0.6) is 5.75 Å². The Bertz CT molecular complexity index is 874.